The summed E-state index contributed by atoms with van der Waals surface area (Å²) in [7, 11) is 0. The van der Waals surface area contributed by atoms with E-state index in [9.17, 15) is 9.59 Å². The molecule has 0 fully saturated rings. The molecular formula is C17H16Cl2N2O2. The molecule has 2 aromatic rings. The van der Waals surface area contributed by atoms with Crippen LogP contribution in [0.1, 0.15) is 11.1 Å². The highest BCUT2D eigenvalue weighted by atomic mass is 35.5. The van der Waals surface area contributed by atoms with E-state index in [4.69, 9.17) is 23.2 Å². The van der Waals surface area contributed by atoms with Gasteiger partial charge in [-0.2, -0.15) is 0 Å². The predicted octanol–water partition coefficient (Wildman–Crippen LogP) is 4.05. The van der Waals surface area contributed by atoms with Crippen LogP contribution in [-0.2, 0) is 9.59 Å². The number of alkyl halides is 2. The van der Waals surface area contributed by atoms with E-state index in [-0.39, 0.29) is 0 Å². The topological polar surface area (TPSA) is 58.2 Å². The van der Waals surface area contributed by atoms with Crippen LogP contribution in [0.15, 0.2) is 48.5 Å². The summed E-state index contributed by atoms with van der Waals surface area (Å²) in [5.41, 5.74) is 3.11. The molecule has 4 nitrogen and oxygen atoms in total. The summed E-state index contributed by atoms with van der Waals surface area (Å²) >= 11 is 11.9. The number of rotatable bonds is 4. The van der Waals surface area contributed by atoms with Gasteiger partial charge in [0.1, 0.15) is 0 Å². The van der Waals surface area contributed by atoms with Crippen LogP contribution in [0.25, 0.3) is 0 Å². The average Bonchev–Trinajstić information content (AvgIpc) is 2.51. The third-order valence-corrected chi connectivity index (χ3v) is 3.88. The zero-order valence-electron chi connectivity index (χ0n) is 12.7. The maximum absolute atomic E-state index is 12.2. The molecular weight excluding hydrogens is 335 g/mol. The Kier molecular flexibility index (Phi) is 5.29. The largest absolute Gasteiger partial charge is 0.323 e. The fraction of sp³-hybridized carbons (Fsp3) is 0.176. The monoisotopic (exact) mass is 350 g/mol. The van der Waals surface area contributed by atoms with Gasteiger partial charge < -0.3 is 10.6 Å². The Bertz CT molecular complexity index is 649. The van der Waals surface area contributed by atoms with E-state index in [1.807, 2.05) is 38.1 Å². The van der Waals surface area contributed by atoms with Gasteiger partial charge >= 0.3 is 0 Å². The van der Waals surface area contributed by atoms with Crippen molar-refractivity contribution in [3.05, 3.63) is 59.7 Å². The van der Waals surface area contributed by atoms with Crippen molar-refractivity contribution in [1.29, 1.82) is 0 Å². The highest BCUT2D eigenvalue weighted by Gasteiger charge is 2.42. The van der Waals surface area contributed by atoms with Crippen molar-refractivity contribution in [2.75, 3.05) is 10.6 Å². The summed E-state index contributed by atoms with van der Waals surface area (Å²) < 4.78 is -2.24. The first kappa shape index (κ1) is 17.3. The lowest BCUT2D eigenvalue weighted by Gasteiger charge is -2.18. The fourth-order valence-corrected chi connectivity index (χ4v) is 1.99. The summed E-state index contributed by atoms with van der Waals surface area (Å²) in [6, 6.07) is 14.1. The number of hydrogen-bond acceptors (Lipinski definition) is 2. The van der Waals surface area contributed by atoms with E-state index < -0.39 is 16.1 Å². The Labute approximate surface area is 144 Å². The standard InChI is InChI=1S/C17H16Cl2N2O2/c1-11-3-7-13(8-4-11)20-15(22)17(18,19)16(23)21-14-9-5-12(2)6-10-14/h3-10H,1-2H3,(H,20,22)(H,21,23). The molecule has 120 valence electrons. The molecule has 23 heavy (non-hydrogen) atoms. The van der Waals surface area contributed by atoms with Crippen LogP contribution in [0.5, 0.6) is 0 Å². The second-order valence-electron chi connectivity index (χ2n) is 5.21. The Morgan fingerprint density at radius 2 is 1.04 bits per heavy atom. The molecule has 0 heterocycles. The molecule has 0 aliphatic carbocycles. The van der Waals surface area contributed by atoms with E-state index in [1.165, 1.54) is 0 Å². The molecule has 2 amide bonds. The van der Waals surface area contributed by atoms with Gasteiger partial charge in [0.15, 0.2) is 0 Å². The molecule has 0 saturated carbocycles. The molecule has 0 aliphatic heterocycles. The summed E-state index contributed by atoms with van der Waals surface area (Å²) in [5, 5.41) is 5.04. The van der Waals surface area contributed by atoms with E-state index >= 15 is 0 Å². The van der Waals surface area contributed by atoms with Crippen LogP contribution >= 0.6 is 23.2 Å². The minimum absolute atomic E-state index is 0.509. The first-order valence-electron chi connectivity index (χ1n) is 6.93. The number of amides is 2. The smallest absolute Gasteiger partial charge is 0.274 e. The van der Waals surface area contributed by atoms with Crippen LogP contribution in [0.3, 0.4) is 0 Å². The number of carbonyl (C=O) groups is 2. The third kappa shape index (κ3) is 4.47. The fourth-order valence-electron chi connectivity index (χ4n) is 1.80. The van der Waals surface area contributed by atoms with Gasteiger partial charge in [0, 0.05) is 11.4 Å². The van der Waals surface area contributed by atoms with E-state index in [0.29, 0.717) is 11.4 Å². The third-order valence-electron chi connectivity index (χ3n) is 3.19. The van der Waals surface area contributed by atoms with Crippen LogP contribution < -0.4 is 10.6 Å². The van der Waals surface area contributed by atoms with Gasteiger partial charge in [0.25, 0.3) is 16.1 Å². The highest BCUT2D eigenvalue weighted by Crippen LogP contribution is 2.26. The Morgan fingerprint density at radius 3 is 1.35 bits per heavy atom. The number of anilines is 2. The van der Waals surface area contributed by atoms with Crippen LogP contribution in [0, 0.1) is 13.8 Å². The number of benzene rings is 2. The molecule has 0 aromatic heterocycles. The van der Waals surface area contributed by atoms with Crippen molar-refractivity contribution in [1.82, 2.24) is 0 Å². The number of carbonyl (C=O) groups excluding carboxylic acids is 2. The van der Waals surface area contributed by atoms with Gasteiger partial charge in [0.2, 0.25) is 0 Å². The predicted molar refractivity (Wildman–Crippen MR) is 94.1 cm³/mol. The Morgan fingerprint density at radius 1 is 0.739 bits per heavy atom. The van der Waals surface area contributed by atoms with Crippen molar-refractivity contribution in [2.45, 2.75) is 18.2 Å². The minimum atomic E-state index is -2.24. The number of halogens is 2. The van der Waals surface area contributed by atoms with E-state index in [1.54, 1.807) is 24.3 Å². The summed E-state index contributed by atoms with van der Waals surface area (Å²) in [4.78, 5) is 24.3. The Balaban J connectivity index is 2.06. The zero-order chi connectivity index (χ0) is 17.0. The van der Waals surface area contributed by atoms with E-state index in [2.05, 4.69) is 10.6 Å². The molecule has 0 spiro atoms. The second kappa shape index (κ2) is 7.02. The maximum Gasteiger partial charge on any atom is 0.274 e. The first-order valence-corrected chi connectivity index (χ1v) is 7.68. The molecule has 0 atom stereocenters. The number of nitrogens with one attached hydrogen (secondary N) is 2. The number of aryl methyl sites for hydroxylation is 2. The van der Waals surface area contributed by atoms with Crippen molar-refractivity contribution < 1.29 is 9.59 Å². The molecule has 2 rings (SSSR count). The number of hydrogen-bond donors (Lipinski definition) is 2. The van der Waals surface area contributed by atoms with Gasteiger partial charge in [-0.05, 0) is 38.1 Å². The van der Waals surface area contributed by atoms with Gasteiger partial charge in [0.05, 0.1) is 0 Å². The Hall–Kier alpha value is -2.04. The average molecular weight is 351 g/mol. The lowest BCUT2D eigenvalue weighted by atomic mass is 10.2. The zero-order valence-corrected chi connectivity index (χ0v) is 14.2. The highest BCUT2D eigenvalue weighted by molar-refractivity contribution is 6.69. The van der Waals surface area contributed by atoms with Gasteiger partial charge in [-0.15, -0.1) is 0 Å². The van der Waals surface area contributed by atoms with Crippen molar-refractivity contribution in [3.63, 3.8) is 0 Å². The molecule has 6 heteroatoms. The quantitative estimate of drug-likeness (QED) is 0.645. The van der Waals surface area contributed by atoms with Gasteiger partial charge in [-0.1, -0.05) is 58.6 Å². The first-order chi connectivity index (χ1) is 10.8. The van der Waals surface area contributed by atoms with Crippen molar-refractivity contribution >= 4 is 46.4 Å². The van der Waals surface area contributed by atoms with Crippen molar-refractivity contribution in [3.8, 4) is 0 Å². The molecule has 2 N–H and O–H groups in total. The van der Waals surface area contributed by atoms with Crippen LogP contribution in [0.4, 0.5) is 11.4 Å². The minimum Gasteiger partial charge on any atom is -0.323 e. The molecule has 0 aliphatic rings. The summed E-state index contributed by atoms with van der Waals surface area (Å²) in [6.07, 6.45) is 0. The van der Waals surface area contributed by atoms with Gasteiger partial charge in [-0.3, -0.25) is 9.59 Å². The lowest BCUT2D eigenvalue weighted by Crippen LogP contribution is -2.43. The van der Waals surface area contributed by atoms with Crippen LogP contribution in [0.2, 0.25) is 0 Å². The molecule has 2 aromatic carbocycles. The van der Waals surface area contributed by atoms with E-state index in [0.717, 1.165) is 11.1 Å². The molecule has 0 radical (unpaired) electrons. The SMILES string of the molecule is Cc1ccc(NC(=O)C(Cl)(Cl)C(=O)Nc2ccc(C)cc2)cc1. The summed E-state index contributed by atoms with van der Waals surface area (Å²) in [6.45, 7) is 3.85. The second-order valence-corrected chi connectivity index (χ2v) is 6.54. The normalized spacial score (nSPS) is 11.0. The van der Waals surface area contributed by atoms with Crippen LogP contribution in [-0.4, -0.2) is 16.1 Å². The lowest BCUT2D eigenvalue weighted by molar-refractivity contribution is -0.124. The van der Waals surface area contributed by atoms with Crippen molar-refractivity contribution in [2.24, 2.45) is 0 Å². The molecule has 0 saturated heterocycles. The van der Waals surface area contributed by atoms with Gasteiger partial charge in [-0.25, -0.2) is 0 Å². The maximum atomic E-state index is 12.2. The molecule has 0 unspecified atom stereocenters. The summed E-state index contributed by atoms with van der Waals surface area (Å²) in [5.74, 6) is -1.62. The molecule has 0 bridgehead atoms.